The molecule has 1 saturated carbocycles. The second kappa shape index (κ2) is 17.5. The lowest BCUT2D eigenvalue weighted by atomic mass is 9.91. The highest BCUT2D eigenvalue weighted by molar-refractivity contribution is 5.90. The summed E-state index contributed by atoms with van der Waals surface area (Å²) < 4.78 is 58.2. The Kier molecular flexibility index (Phi) is 11.8. The molecule has 0 radical (unpaired) electrons. The molecule has 4 heterocycles. The second-order valence-corrected chi connectivity index (χ2v) is 15.0. The molecule has 320 valence electrons. The van der Waals surface area contributed by atoms with Gasteiger partial charge in [0.2, 0.25) is 11.9 Å². The van der Waals surface area contributed by atoms with Crippen LogP contribution in [-0.4, -0.2) is 106 Å². The first kappa shape index (κ1) is 41.1. The van der Waals surface area contributed by atoms with Crippen LogP contribution < -0.4 is 35.6 Å². The highest BCUT2D eigenvalue weighted by atomic mass is 19.4. The number of nitrogens with one attached hydrogen (secondary N) is 4. The van der Waals surface area contributed by atoms with Gasteiger partial charge in [-0.3, -0.25) is 4.79 Å². The van der Waals surface area contributed by atoms with E-state index in [4.69, 9.17) is 24.2 Å². The smallest absolute Gasteiger partial charge is 0.486 e. The molecule has 3 amide bonds. The molecule has 0 bridgehead atoms. The Bertz CT molecular complexity index is 2330. The van der Waals surface area contributed by atoms with Crippen LogP contribution in [0.15, 0.2) is 85.2 Å². The number of carbonyl (C=O) groups is 3. The largest absolute Gasteiger partial charge is 0.490 e. The Balaban J connectivity index is 1.10. The Hall–Kier alpha value is -6.63. The summed E-state index contributed by atoms with van der Waals surface area (Å²) in [6.45, 7) is 3.54. The number of fused-ring (bicyclic) bond motifs is 2. The highest BCUT2D eigenvalue weighted by Crippen LogP contribution is 2.38. The number of benzene rings is 3. The maximum Gasteiger partial charge on any atom is 0.490 e. The van der Waals surface area contributed by atoms with Gasteiger partial charge in [0, 0.05) is 49.8 Å². The van der Waals surface area contributed by atoms with Crippen molar-refractivity contribution >= 4 is 46.5 Å². The molecular weight excluding hydrogens is 800 g/mol. The van der Waals surface area contributed by atoms with Gasteiger partial charge < -0.3 is 50.1 Å². The van der Waals surface area contributed by atoms with Gasteiger partial charge in [-0.1, -0.05) is 67.6 Å². The van der Waals surface area contributed by atoms with Crippen molar-refractivity contribution in [3.05, 3.63) is 96.3 Å². The van der Waals surface area contributed by atoms with E-state index in [0.717, 1.165) is 11.1 Å². The molecule has 5 aromatic rings. The summed E-state index contributed by atoms with van der Waals surface area (Å²) >= 11 is 0. The average Bonchev–Trinajstić information content (AvgIpc) is 3.98. The minimum absolute atomic E-state index is 0.0548. The van der Waals surface area contributed by atoms with E-state index in [1.807, 2.05) is 65.6 Å². The van der Waals surface area contributed by atoms with Gasteiger partial charge in [-0.05, 0) is 36.1 Å². The van der Waals surface area contributed by atoms with Crippen LogP contribution in [-0.2, 0) is 14.3 Å². The first-order valence-electron chi connectivity index (χ1n) is 20.0. The molecule has 5 N–H and O–H groups in total. The molecule has 61 heavy (non-hydrogen) atoms. The number of aromatic nitrogens is 4. The van der Waals surface area contributed by atoms with Crippen molar-refractivity contribution in [1.82, 2.24) is 30.2 Å². The van der Waals surface area contributed by atoms with Crippen LogP contribution in [0.4, 0.5) is 35.4 Å². The van der Waals surface area contributed by atoms with Crippen LogP contribution in [0.2, 0.25) is 0 Å². The van der Waals surface area contributed by atoms with Crippen LogP contribution in [0.5, 0.6) is 11.5 Å². The summed E-state index contributed by atoms with van der Waals surface area (Å²) in [4.78, 5) is 54.0. The number of alkyl halides is 3. The Labute approximate surface area is 347 Å². The summed E-state index contributed by atoms with van der Waals surface area (Å²) in [5.41, 5.74) is 3.05. The fourth-order valence-electron chi connectivity index (χ4n) is 8.00. The summed E-state index contributed by atoms with van der Waals surface area (Å²) in [6, 6.07) is 22.0. The van der Waals surface area contributed by atoms with Gasteiger partial charge >= 0.3 is 18.2 Å². The van der Waals surface area contributed by atoms with Gasteiger partial charge in [0.05, 0.1) is 18.4 Å². The van der Waals surface area contributed by atoms with Crippen LogP contribution in [0.1, 0.15) is 49.3 Å². The number of imidazole rings is 1. The van der Waals surface area contributed by atoms with Crippen molar-refractivity contribution in [3.63, 3.8) is 0 Å². The summed E-state index contributed by atoms with van der Waals surface area (Å²) in [5, 5.41) is 23.2. The molecule has 1 aliphatic carbocycles. The molecule has 2 aromatic heterocycles. The molecule has 2 fully saturated rings. The number of anilines is 3. The number of ether oxygens (including phenoxy) is 3. The first-order valence-corrected chi connectivity index (χ1v) is 20.0. The van der Waals surface area contributed by atoms with Crippen LogP contribution in [0.25, 0.3) is 11.2 Å². The minimum Gasteiger partial charge on any atom is -0.486 e. The lowest BCUT2D eigenvalue weighted by Gasteiger charge is -2.25. The predicted octanol–water partition coefficient (Wildman–Crippen LogP) is 4.92. The number of hydrogen-bond donors (Lipinski definition) is 5. The van der Waals surface area contributed by atoms with Crippen molar-refractivity contribution in [2.75, 3.05) is 48.4 Å². The molecule has 3 aliphatic rings. The van der Waals surface area contributed by atoms with E-state index in [1.54, 1.807) is 25.1 Å². The number of aliphatic hydroxyl groups is 1. The topological polar surface area (TPSA) is 194 Å². The van der Waals surface area contributed by atoms with Crippen molar-refractivity contribution < 1.29 is 46.9 Å². The normalized spacial score (nSPS) is 21.0. The lowest BCUT2D eigenvalue weighted by Crippen LogP contribution is -2.45. The molecule has 16 nitrogen and oxygen atoms in total. The van der Waals surface area contributed by atoms with E-state index >= 15 is 0 Å². The van der Waals surface area contributed by atoms with Crippen molar-refractivity contribution in [2.45, 2.75) is 68.6 Å². The molecule has 5 atom stereocenters. The van der Waals surface area contributed by atoms with E-state index in [9.17, 15) is 32.7 Å². The molecule has 0 unspecified atom stereocenters. The number of hydrogen-bond acceptors (Lipinski definition) is 12. The number of aliphatic hydroxyl groups excluding tert-OH is 1. The van der Waals surface area contributed by atoms with Crippen molar-refractivity contribution in [2.24, 2.45) is 0 Å². The lowest BCUT2D eigenvalue weighted by molar-refractivity contribution is -0.209. The zero-order valence-electron chi connectivity index (χ0n) is 33.0. The SMILES string of the molecule is CCC(=O)N[C@H]1C[C@@H](n2cnc3c(NCC(c4ccccc4)c4ccccc4)nc(N4CC[C@@H](NC(=O)Nc5ccc6c(c5)OCCO6)C4)nc32)[C@H](OC(=O)C(F)(F)F)[C@@H]1O. The fourth-order valence-corrected chi connectivity index (χ4v) is 8.00. The maximum absolute atomic E-state index is 13.5. The third-order valence-corrected chi connectivity index (χ3v) is 11.0. The van der Waals surface area contributed by atoms with Crippen LogP contribution in [0.3, 0.4) is 0 Å². The van der Waals surface area contributed by atoms with E-state index in [0.29, 0.717) is 62.3 Å². The zero-order valence-corrected chi connectivity index (χ0v) is 33.0. The summed E-state index contributed by atoms with van der Waals surface area (Å²) in [6.07, 6.45) is -6.91. The Morgan fingerprint density at radius 2 is 1.66 bits per heavy atom. The van der Waals surface area contributed by atoms with E-state index < -0.39 is 48.4 Å². The number of halogens is 3. The maximum atomic E-state index is 13.5. The van der Waals surface area contributed by atoms with Crippen LogP contribution >= 0.6 is 0 Å². The first-order chi connectivity index (χ1) is 29.4. The van der Waals surface area contributed by atoms with Gasteiger partial charge in [-0.15, -0.1) is 0 Å². The molecular formula is C42H44F3N9O7. The van der Waals surface area contributed by atoms with E-state index in [1.165, 1.54) is 10.9 Å². The average molecular weight is 844 g/mol. The number of nitrogens with zero attached hydrogens (tertiary/aromatic N) is 5. The number of carbonyl (C=O) groups excluding carboxylic acids is 3. The molecule has 8 rings (SSSR count). The minimum atomic E-state index is -5.34. The quantitative estimate of drug-likeness (QED) is 0.107. The van der Waals surface area contributed by atoms with Gasteiger partial charge in [-0.2, -0.15) is 23.1 Å². The Morgan fingerprint density at radius 1 is 0.951 bits per heavy atom. The van der Waals surface area contributed by atoms with Gasteiger partial charge in [0.25, 0.3) is 0 Å². The number of amides is 3. The fraction of sp³-hybridized carbons (Fsp3) is 0.381. The third kappa shape index (κ3) is 9.11. The van der Waals surface area contributed by atoms with E-state index in [-0.39, 0.29) is 41.9 Å². The Morgan fingerprint density at radius 3 is 2.34 bits per heavy atom. The number of urea groups is 1. The van der Waals surface area contributed by atoms with Crippen molar-refractivity contribution in [3.8, 4) is 11.5 Å². The van der Waals surface area contributed by atoms with Gasteiger partial charge in [-0.25, -0.2) is 14.6 Å². The predicted molar refractivity (Wildman–Crippen MR) is 217 cm³/mol. The standard InChI is InChI=1S/C42H44F3N9O7/c1-2-33(55)50-29-20-30(36(35(29)56)61-39(57)42(43,44)45)54-23-47-34-37(46-21-28(24-9-5-3-6-10-24)25-11-7-4-8-12-25)51-40(52-38(34)54)53-16-15-27(22-53)49-41(58)48-26-13-14-31-32(19-26)60-18-17-59-31/h3-14,19,23,27-30,35-36,56H,2,15-18,20-22H2,1H3,(H,50,55)(H,46,51,52)(H2,48,49,58)/t27-,29+,30-,35-,36+/m1/s1. The summed E-state index contributed by atoms with van der Waals surface area (Å²) in [7, 11) is 0. The van der Waals surface area contributed by atoms with E-state index in [2.05, 4.69) is 26.3 Å². The zero-order chi connectivity index (χ0) is 42.7. The number of esters is 1. The third-order valence-electron chi connectivity index (χ3n) is 11.0. The molecule has 19 heteroatoms. The van der Waals surface area contributed by atoms with Gasteiger partial charge in [0.15, 0.2) is 34.6 Å². The summed E-state index contributed by atoms with van der Waals surface area (Å²) in [5.74, 6) is -1.37. The van der Waals surface area contributed by atoms with Crippen LogP contribution in [0, 0.1) is 0 Å². The monoisotopic (exact) mass is 843 g/mol. The second-order valence-electron chi connectivity index (χ2n) is 15.0. The van der Waals surface area contributed by atoms with Gasteiger partial charge in [0.1, 0.15) is 19.3 Å². The molecule has 2 aliphatic heterocycles. The molecule has 0 spiro atoms. The molecule has 3 aromatic carbocycles. The highest BCUT2D eigenvalue weighted by Gasteiger charge is 2.51. The molecule has 1 saturated heterocycles. The number of rotatable bonds is 12. The van der Waals surface area contributed by atoms with Crippen molar-refractivity contribution in [1.29, 1.82) is 0 Å².